The Morgan fingerprint density at radius 3 is 2.34 bits per heavy atom. The van der Waals surface area contributed by atoms with Gasteiger partial charge in [-0.15, -0.1) is 0 Å². The van der Waals surface area contributed by atoms with Crippen LogP contribution in [0.4, 0.5) is 4.79 Å². The third-order valence-electron chi connectivity index (χ3n) is 5.47. The minimum absolute atomic E-state index is 0.378. The first-order chi connectivity index (χ1) is 13.6. The topological polar surface area (TPSA) is 81.2 Å². The Bertz CT molecular complexity index is 514. The van der Waals surface area contributed by atoms with Crippen LogP contribution in [0.15, 0.2) is 4.99 Å². The van der Waals surface area contributed by atoms with Gasteiger partial charge in [0.15, 0.2) is 5.96 Å². The molecular formula is C21H44N6O2. The fourth-order valence-electron chi connectivity index (χ4n) is 3.37. The van der Waals surface area contributed by atoms with Crippen LogP contribution >= 0.6 is 0 Å². The summed E-state index contributed by atoms with van der Waals surface area (Å²) in [6.45, 7) is 16.8. The number of hydrogen-bond acceptors (Lipinski definition) is 5. The number of aliphatic imine (C=N–C) groups is 1. The van der Waals surface area contributed by atoms with Crippen LogP contribution in [0, 0.1) is 0 Å². The Kier molecular flexibility index (Phi) is 10.7. The van der Waals surface area contributed by atoms with Gasteiger partial charge in [0.25, 0.3) is 0 Å². The van der Waals surface area contributed by atoms with Crippen LogP contribution in [0.3, 0.4) is 0 Å². The Labute approximate surface area is 177 Å². The van der Waals surface area contributed by atoms with E-state index < -0.39 is 5.60 Å². The maximum absolute atomic E-state index is 12.3. The van der Waals surface area contributed by atoms with E-state index in [2.05, 4.69) is 51.6 Å². The Balaban J connectivity index is 2.49. The molecule has 170 valence electrons. The molecule has 0 unspecified atom stereocenters. The molecule has 29 heavy (non-hydrogen) atoms. The summed E-state index contributed by atoms with van der Waals surface area (Å²) in [5, 5.41) is 9.85. The summed E-state index contributed by atoms with van der Waals surface area (Å²) in [7, 11) is 3.96. The monoisotopic (exact) mass is 412 g/mol. The highest BCUT2D eigenvalue weighted by atomic mass is 16.6. The second-order valence-corrected chi connectivity index (χ2v) is 8.97. The van der Waals surface area contributed by atoms with Crippen LogP contribution in [0.5, 0.6) is 0 Å². The van der Waals surface area contributed by atoms with Crippen LogP contribution in [0.25, 0.3) is 0 Å². The molecule has 0 bridgehead atoms. The third-order valence-corrected chi connectivity index (χ3v) is 5.47. The first kappa shape index (κ1) is 25.5. The fourth-order valence-corrected chi connectivity index (χ4v) is 3.37. The minimum Gasteiger partial charge on any atom is -0.444 e. The molecule has 1 rings (SSSR count). The van der Waals surface area contributed by atoms with Gasteiger partial charge in [0.1, 0.15) is 5.60 Å². The lowest BCUT2D eigenvalue weighted by Crippen LogP contribution is -2.57. The molecule has 0 aliphatic carbocycles. The van der Waals surface area contributed by atoms with Gasteiger partial charge in [-0.05, 0) is 60.2 Å². The van der Waals surface area contributed by atoms with Gasteiger partial charge in [0.2, 0.25) is 0 Å². The predicted molar refractivity (Wildman–Crippen MR) is 121 cm³/mol. The highest BCUT2D eigenvalue weighted by Gasteiger charge is 2.30. The summed E-state index contributed by atoms with van der Waals surface area (Å²) < 4.78 is 5.45. The first-order valence-corrected chi connectivity index (χ1v) is 11.0. The molecule has 0 saturated carbocycles. The molecule has 3 N–H and O–H groups in total. The first-order valence-electron chi connectivity index (χ1n) is 11.0. The van der Waals surface area contributed by atoms with Gasteiger partial charge in [-0.3, -0.25) is 4.99 Å². The number of alkyl carbamates (subject to hydrolysis) is 1. The minimum atomic E-state index is -0.509. The van der Waals surface area contributed by atoms with Crippen LogP contribution < -0.4 is 16.0 Å². The number of ether oxygens (including phenoxy) is 1. The van der Waals surface area contributed by atoms with E-state index >= 15 is 0 Å². The summed E-state index contributed by atoms with van der Waals surface area (Å²) in [4.78, 5) is 21.5. The second kappa shape index (κ2) is 12.2. The lowest BCUT2D eigenvalue weighted by molar-refractivity contribution is 0.0448. The zero-order valence-corrected chi connectivity index (χ0v) is 19.7. The number of nitrogens with one attached hydrogen (secondary N) is 3. The molecule has 8 heteroatoms. The summed E-state index contributed by atoms with van der Waals surface area (Å²) in [5.74, 6) is 0.759. The normalized spacial score (nSPS) is 17.6. The van der Waals surface area contributed by atoms with Crippen molar-refractivity contribution in [2.75, 3.05) is 59.9 Å². The number of carbonyl (C=O) groups excluding carboxylic acids is 1. The maximum atomic E-state index is 12.3. The van der Waals surface area contributed by atoms with E-state index in [0.717, 1.165) is 51.5 Å². The number of hydrogen-bond donors (Lipinski definition) is 3. The van der Waals surface area contributed by atoms with Gasteiger partial charge in [-0.25, -0.2) is 4.79 Å². The lowest BCUT2D eigenvalue weighted by atomic mass is 9.93. The van der Waals surface area contributed by atoms with Crippen molar-refractivity contribution in [2.45, 2.75) is 65.0 Å². The maximum Gasteiger partial charge on any atom is 0.408 e. The van der Waals surface area contributed by atoms with Gasteiger partial charge >= 0.3 is 6.09 Å². The molecule has 1 saturated heterocycles. The Hall–Kier alpha value is -1.54. The van der Waals surface area contributed by atoms with E-state index in [1.54, 1.807) is 7.05 Å². The lowest BCUT2D eigenvalue weighted by Gasteiger charge is -2.34. The van der Waals surface area contributed by atoms with Crippen LogP contribution in [0.2, 0.25) is 0 Å². The van der Waals surface area contributed by atoms with E-state index in [1.165, 1.54) is 13.0 Å². The molecule has 0 aromatic rings. The van der Waals surface area contributed by atoms with Crippen molar-refractivity contribution in [2.24, 2.45) is 4.99 Å². The third kappa shape index (κ3) is 10.2. The molecule has 0 aromatic carbocycles. The quantitative estimate of drug-likeness (QED) is 0.417. The number of likely N-dealkylation sites (N-methyl/N-ethyl adjacent to an activating group) is 1. The van der Waals surface area contributed by atoms with E-state index in [-0.39, 0.29) is 11.6 Å². The smallest absolute Gasteiger partial charge is 0.408 e. The van der Waals surface area contributed by atoms with Gasteiger partial charge in [0.05, 0.1) is 5.54 Å². The molecule has 1 aliphatic rings. The van der Waals surface area contributed by atoms with E-state index in [4.69, 9.17) is 4.74 Å². The van der Waals surface area contributed by atoms with E-state index in [1.807, 2.05) is 20.8 Å². The number of amides is 1. The van der Waals surface area contributed by atoms with Crippen molar-refractivity contribution >= 4 is 12.1 Å². The molecule has 8 nitrogen and oxygen atoms in total. The van der Waals surface area contributed by atoms with Gasteiger partial charge in [-0.2, -0.15) is 0 Å². The van der Waals surface area contributed by atoms with Gasteiger partial charge in [-0.1, -0.05) is 13.8 Å². The Morgan fingerprint density at radius 1 is 1.07 bits per heavy atom. The van der Waals surface area contributed by atoms with Crippen LogP contribution in [-0.4, -0.2) is 92.9 Å². The van der Waals surface area contributed by atoms with Crippen LogP contribution in [-0.2, 0) is 4.74 Å². The molecule has 1 amide bonds. The molecular weight excluding hydrogens is 368 g/mol. The van der Waals surface area contributed by atoms with Crippen molar-refractivity contribution < 1.29 is 9.53 Å². The predicted octanol–water partition coefficient (Wildman–Crippen LogP) is 1.87. The summed E-state index contributed by atoms with van der Waals surface area (Å²) in [6.07, 6.45) is 2.44. The highest BCUT2D eigenvalue weighted by Crippen LogP contribution is 2.16. The average Bonchev–Trinajstić information content (AvgIpc) is 2.86. The number of carbonyl (C=O) groups is 1. The molecule has 0 spiro atoms. The van der Waals surface area contributed by atoms with Crippen LogP contribution in [0.1, 0.15) is 53.9 Å². The van der Waals surface area contributed by atoms with Crippen molar-refractivity contribution in [3.05, 3.63) is 0 Å². The second-order valence-electron chi connectivity index (χ2n) is 8.97. The summed E-state index contributed by atoms with van der Waals surface area (Å²) in [5.41, 5.74) is -0.889. The molecule has 1 fully saturated rings. The largest absolute Gasteiger partial charge is 0.444 e. The number of rotatable bonds is 8. The van der Waals surface area contributed by atoms with E-state index in [0.29, 0.717) is 6.54 Å². The highest BCUT2D eigenvalue weighted by molar-refractivity contribution is 5.79. The van der Waals surface area contributed by atoms with Gasteiger partial charge in [0, 0.05) is 39.8 Å². The fraction of sp³-hybridized carbons (Fsp3) is 0.905. The Morgan fingerprint density at radius 2 is 1.76 bits per heavy atom. The standard InChI is InChI=1S/C21H44N6O2/c1-8-21(9-2,25-19(28)29-20(3,4)5)17-24-18(22-6)23-11-14-27-13-10-12-26(7)15-16-27/h8-17H2,1-7H3,(H,25,28)(H2,22,23,24). The van der Waals surface area contributed by atoms with Crippen molar-refractivity contribution in [3.8, 4) is 0 Å². The molecule has 0 atom stereocenters. The van der Waals surface area contributed by atoms with Gasteiger partial charge < -0.3 is 30.5 Å². The molecule has 0 radical (unpaired) electrons. The van der Waals surface area contributed by atoms with Crippen molar-refractivity contribution in [1.82, 2.24) is 25.8 Å². The SMILES string of the molecule is CCC(CC)(CNC(=NC)NCCN1CCCN(C)CC1)NC(=O)OC(C)(C)C. The number of guanidine groups is 1. The molecule has 0 aromatic heterocycles. The zero-order chi connectivity index (χ0) is 21.9. The van der Waals surface area contributed by atoms with E-state index in [9.17, 15) is 4.79 Å². The van der Waals surface area contributed by atoms with Crippen molar-refractivity contribution in [1.29, 1.82) is 0 Å². The molecule has 1 heterocycles. The summed E-state index contributed by atoms with van der Waals surface area (Å²) in [6, 6.07) is 0. The zero-order valence-electron chi connectivity index (χ0n) is 19.7. The molecule has 1 aliphatic heterocycles. The summed E-state index contributed by atoms with van der Waals surface area (Å²) >= 11 is 0. The average molecular weight is 413 g/mol. The number of nitrogens with zero attached hydrogens (tertiary/aromatic N) is 3. The van der Waals surface area contributed by atoms with Crippen molar-refractivity contribution in [3.63, 3.8) is 0 Å².